The van der Waals surface area contributed by atoms with E-state index in [9.17, 15) is 31.1 Å². The highest BCUT2D eigenvalue weighted by molar-refractivity contribution is 6.09. The Kier molecular flexibility index (Phi) is 5.72. The molecule has 0 aliphatic carbocycles. The number of fused-ring (bicyclic) bond motifs is 3. The molecule has 1 atom stereocenters. The molecule has 4 nitrogen and oxygen atoms in total. The van der Waals surface area contributed by atoms with Crippen LogP contribution >= 0.6 is 0 Å². The number of ether oxygens (including phenoxy) is 1. The van der Waals surface area contributed by atoms with E-state index in [1.165, 1.54) is 29.9 Å². The Balaban J connectivity index is 2.50. The second-order valence-corrected chi connectivity index (χ2v) is 7.12. The Hall–Kier alpha value is -2.75. The second kappa shape index (κ2) is 7.74. The summed E-state index contributed by atoms with van der Waals surface area (Å²) in [6, 6.07) is 6.42. The molecule has 0 saturated heterocycles. The SMILES string of the molecule is CCCCn1c(=O)c2cccc(OC)c2c2cc(C(F)(C(O)(F)F)C(F)(F)F)ccc21. The summed E-state index contributed by atoms with van der Waals surface area (Å²) in [6.07, 6.45) is -10.6. The van der Waals surface area contributed by atoms with E-state index in [4.69, 9.17) is 9.84 Å². The van der Waals surface area contributed by atoms with Crippen molar-refractivity contribution in [1.29, 1.82) is 0 Å². The lowest BCUT2D eigenvalue weighted by Gasteiger charge is -2.32. The summed E-state index contributed by atoms with van der Waals surface area (Å²) < 4.78 is 88.4. The fourth-order valence-electron chi connectivity index (χ4n) is 3.64. The first-order valence-corrected chi connectivity index (χ1v) is 9.38. The van der Waals surface area contributed by atoms with Gasteiger partial charge in [-0.25, -0.2) is 4.39 Å². The maximum Gasteiger partial charge on any atom is 0.435 e. The average molecular weight is 447 g/mol. The molecule has 0 saturated carbocycles. The summed E-state index contributed by atoms with van der Waals surface area (Å²) in [4.78, 5) is 13.0. The third-order valence-electron chi connectivity index (χ3n) is 5.22. The molecule has 3 aromatic rings. The van der Waals surface area contributed by atoms with Gasteiger partial charge < -0.3 is 14.4 Å². The van der Waals surface area contributed by atoms with Crippen molar-refractivity contribution in [1.82, 2.24) is 4.57 Å². The Morgan fingerprint density at radius 3 is 2.26 bits per heavy atom. The Bertz CT molecular complexity index is 1170. The van der Waals surface area contributed by atoms with E-state index >= 15 is 0 Å². The lowest BCUT2D eigenvalue weighted by atomic mass is 9.91. The van der Waals surface area contributed by atoms with Gasteiger partial charge in [-0.05, 0) is 30.7 Å². The summed E-state index contributed by atoms with van der Waals surface area (Å²) >= 11 is 0. The second-order valence-electron chi connectivity index (χ2n) is 7.12. The zero-order valence-electron chi connectivity index (χ0n) is 16.6. The highest BCUT2D eigenvalue weighted by Gasteiger charge is 2.72. The molecule has 0 fully saturated rings. The van der Waals surface area contributed by atoms with Crippen LogP contribution in [0.4, 0.5) is 26.3 Å². The van der Waals surface area contributed by atoms with Crippen LogP contribution in [-0.2, 0) is 12.2 Å². The standard InChI is InChI=1S/C21H19F6NO3/c1-3-4-10-28-15-9-8-12(19(22,20(23,24)25)21(26,27)30)11-14(15)17-13(18(28)29)6-5-7-16(17)31-2/h5-9,11,30H,3-4,10H2,1-2H3. The molecule has 0 aliphatic rings. The number of aryl methyl sites for hydroxylation is 1. The summed E-state index contributed by atoms with van der Waals surface area (Å²) in [5.74, 6) is 0.103. The maximum atomic E-state index is 14.8. The van der Waals surface area contributed by atoms with Crippen molar-refractivity contribution in [3.05, 3.63) is 52.3 Å². The van der Waals surface area contributed by atoms with Crippen molar-refractivity contribution in [2.75, 3.05) is 7.11 Å². The van der Waals surface area contributed by atoms with E-state index in [-0.39, 0.29) is 34.0 Å². The quantitative estimate of drug-likeness (QED) is 0.414. The first kappa shape index (κ1) is 22.9. The molecule has 1 aromatic heterocycles. The monoisotopic (exact) mass is 447 g/mol. The number of aromatic nitrogens is 1. The number of methoxy groups -OCH3 is 1. The van der Waals surface area contributed by atoms with Crippen LogP contribution < -0.4 is 10.3 Å². The van der Waals surface area contributed by atoms with Gasteiger partial charge in [-0.3, -0.25) is 4.79 Å². The van der Waals surface area contributed by atoms with Gasteiger partial charge in [0.25, 0.3) is 5.56 Å². The highest BCUT2D eigenvalue weighted by atomic mass is 19.4. The number of pyridine rings is 1. The van der Waals surface area contributed by atoms with Crippen LogP contribution in [0, 0.1) is 0 Å². The fraction of sp³-hybridized carbons (Fsp3) is 0.381. The highest BCUT2D eigenvalue weighted by Crippen LogP contribution is 2.52. The maximum absolute atomic E-state index is 14.8. The summed E-state index contributed by atoms with van der Waals surface area (Å²) in [7, 11) is 1.27. The van der Waals surface area contributed by atoms with Crippen molar-refractivity contribution in [3.63, 3.8) is 0 Å². The molecule has 0 radical (unpaired) electrons. The van der Waals surface area contributed by atoms with E-state index in [1.807, 2.05) is 6.92 Å². The number of aliphatic hydroxyl groups is 1. The van der Waals surface area contributed by atoms with Gasteiger partial charge in [0.2, 0.25) is 0 Å². The molecule has 168 valence electrons. The number of unbranched alkanes of at least 4 members (excludes halogenated alkanes) is 1. The number of benzene rings is 2. The molecule has 1 N–H and O–H groups in total. The van der Waals surface area contributed by atoms with Gasteiger partial charge in [-0.2, -0.15) is 22.0 Å². The zero-order valence-corrected chi connectivity index (χ0v) is 16.6. The van der Waals surface area contributed by atoms with E-state index in [1.54, 1.807) is 0 Å². The topological polar surface area (TPSA) is 51.5 Å². The van der Waals surface area contributed by atoms with Gasteiger partial charge in [-0.1, -0.05) is 25.5 Å². The minimum Gasteiger partial charge on any atom is -0.496 e. The van der Waals surface area contributed by atoms with Gasteiger partial charge in [0.05, 0.1) is 18.0 Å². The van der Waals surface area contributed by atoms with Crippen LogP contribution in [0.1, 0.15) is 25.3 Å². The minimum atomic E-state index is -6.12. The Morgan fingerprint density at radius 2 is 1.71 bits per heavy atom. The van der Waals surface area contributed by atoms with Crippen LogP contribution in [-0.4, -0.2) is 29.1 Å². The van der Waals surface area contributed by atoms with Crippen molar-refractivity contribution in [2.24, 2.45) is 0 Å². The van der Waals surface area contributed by atoms with E-state index in [0.717, 1.165) is 6.07 Å². The minimum absolute atomic E-state index is 0.0605. The molecule has 0 spiro atoms. The number of hydrogen-bond acceptors (Lipinski definition) is 3. The number of halogens is 6. The fourth-order valence-corrected chi connectivity index (χ4v) is 3.64. The molecule has 3 rings (SSSR count). The van der Waals surface area contributed by atoms with Crippen molar-refractivity contribution < 1.29 is 36.2 Å². The third-order valence-corrected chi connectivity index (χ3v) is 5.22. The zero-order chi connectivity index (χ0) is 23.2. The van der Waals surface area contributed by atoms with E-state index in [0.29, 0.717) is 25.0 Å². The van der Waals surface area contributed by atoms with Crippen LogP contribution in [0.15, 0.2) is 41.2 Å². The predicted octanol–water partition coefficient (Wildman–Crippen LogP) is 5.28. The molecule has 10 heteroatoms. The molecular formula is C21H19F6NO3. The summed E-state index contributed by atoms with van der Waals surface area (Å²) in [5, 5.41) is 8.87. The lowest BCUT2D eigenvalue weighted by molar-refractivity contribution is -0.375. The van der Waals surface area contributed by atoms with Crippen molar-refractivity contribution >= 4 is 21.7 Å². The smallest absolute Gasteiger partial charge is 0.435 e. The van der Waals surface area contributed by atoms with Crippen molar-refractivity contribution in [2.45, 2.75) is 44.3 Å². The first-order chi connectivity index (χ1) is 14.4. The molecule has 0 aliphatic heterocycles. The average Bonchev–Trinajstić information content (AvgIpc) is 2.70. The molecule has 1 unspecified atom stereocenters. The third kappa shape index (κ3) is 3.52. The summed E-state index contributed by atoms with van der Waals surface area (Å²) in [6.45, 7) is 2.09. The van der Waals surface area contributed by atoms with E-state index < -0.39 is 29.1 Å². The largest absolute Gasteiger partial charge is 0.496 e. The van der Waals surface area contributed by atoms with Gasteiger partial charge in [0.15, 0.2) is 0 Å². The molecule has 2 aromatic carbocycles. The van der Waals surface area contributed by atoms with E-state index in [2.05, 4.69) is 0 Å². The lowest BCUT2D eigenvalue weighted by Crippen LogP contribution is -2.52. The number of nitrogens with zero attached hydrogens (tertiary/aromatic N) is 1. The predicted molar refractivity (Wildman–Crippen MR) is 103 cm³/mol. The van der Waals surface area contributed by atoms with Gasteiger partial charge >= 0.3 is 18.0 Å². The summed E-state index contributed by atoms with van der Waals surface area (Å²) in [5.41, 5.74) is -7.16. The van der Waals surface area contributed by atoms with Crippen LogP contribution in [0.2, 0.25) is 0 Å². The molecule has 0 amide bonds. The molecular weight excluding hydrogens is 428 g/mol. The molecule has 1 heterocycles. The Morgan fingerprint density at radius 1 is 1.03 bits per heavy atom. The van der Waals surface area contributed by atoms with Gasteiger partial charge in [0.1, 0.15) is 5.75 Å². The van der Waals surface area contributed by atoms with Crippen LogP contribution in [0.5, 0.6) is 5.75 Å². The van der Waals surface area contributed by atoms with Gasteiger partial charge in [-0.15, -0.1) is 0 Å². The molecule has 31 heavy (non-hydrogen) atoms. The number of rotatable bonds is 6. The first-order valence-electron chi connectivity index (χ1n) is 9.38. The number of hydrogen-bond donors (Lipinski definition) is 1. The Labute approximate surface area is 172 Å². The van der Waals surface area contributed by atoms with Crippen molar-refractivity contribution in [3.8, 4) is 5.75 Å². The molecule has 0 bridgehead atoms. The van der Waals surface area contributed by atoms with Gasteiger partial charge in [0, 0.05) is 22.9 Å². The number of alkyl halides is 6. The van der Waals surface area contributed by atoms with Crippen LogP contribution in [0.3, 0.4) is 0 Å². The normalized spacial score (nSPS) is 14.7. The van der Waals surface area contributed by atoms with Crippen LogP contribution in [0.25, 0.3) is 21.7 Å².